The van der Waals surface area contributed by atoms with Crippen molar-refractivity contribution in [3.05, 3.63) is 89.7 Å². The van der Waals surface area contributed by atoms with Gasteiger partial charge in [-0.3, -0.25) is 15.0 Å². The van der Waals surface area contributed by atoms with Crippen LogP contribution in [0.5, 0.6) is 11.5 Å². The van der Waals surface area contributed by atoms with Gasteiger partial charge in [-0.1, -0.05) is 23.7 Å². The molecule has 0 fully saturated rings. The molecule has 0 saturated heterocycles. The largest absolute Gasteiger partial charge is 0.451 e. The number of nitrogens with one attached hydrogen (secondary N) is 1. The molecule has 0 bridgehead atoms. The maximum atomic E-state index is 14.8. The van der Waals surface area contributed by atoms with Crippen molar-refractivity contribution in [2.75, 3.05) is 26.7 Å². The average molecular weight is 577 g/mol. The number of hydrogen-bond acceptors (Lipinski definition) is 8. The van der Waals surface area contributed by atoms with Crippen molar-refractivity contribution in [3.63, 3.8) is 0 Å². The number of carbonyl (C=O) groups is 1. The van der Waals surface area contributed by atoms with Crippen LogP contribution < -0.4 is 10.2 Å². The van der Waals surface area contributed by atoms with E-state index < -0.39 is 23.3 Å². The summed E-state index contributed by atoms with van der Waals surface area (Å²) in [5, 5.41) is 11.6. The lowest BCUT2D eigenvalue weighted by Crippen LogP contribution is -2.35. The van der Waals surface area contributed by atoms with Gasteiger partial charge in [0.2, 0.25) is 0 Å². The Balaban J connectivity index is 1.43. The van der Waals surface area contributed by atoms with E-state index >= 15 is 0 Å². The molecule has 0 radical (unpaired) electrons. The highest BCUT2D eigenvalue weighted by molar-refractivity contribution is 7.97. The minimum Gasteiger partial charge on any atom is -0.451 e. The lowest BCUT2D eigenvalue weighted by molar-refractivity contribution is -0.129. The Morgan fingerprint density at radius 2 is 1.82 bits per heavy atom. The maximum absolute atomic E-state index is 14.8. The van der Waals surface area contributed by atoms with Gasteiger partial charge in [-0.05, 0) is 84.9 Å². The van der Waals surface area contributed by atoms with E-state index in [4.69, 9.17) is 21.5 Å². The van der Waals surface area contributed by atoms with Gasteiger partial charge in [-0.15, -0.1) is 0 Å². The number of pyridine rings is 1. The minimum atomic E-state index is -0.896. The molecule has 7 nitrogen and oxygen atoms in total. The highest BCUT2D eigenvalue weighted by Gasteiger charge is 2.19. The number of hydroxylamine groups is 1. The summed E-state index contributed by atoms with van der Waals surface area (Å²) >= 11 is 8.36. The second-order valence-corrected chi connectivity index (χ2v) is 10.9. The average Bonchev–Trinajstić information content (AvgIpc) is 2.90. The van der Waals surface area contributed by atoms with E-state index in [-0.39, 0.29) is 17.2 Å². The van der Waals surface area contributed by atoms with Crippen molar-refractivity contribution in [1.82, 2.24) is 19.1 Å². The normalized spacial score (nSPS) is 11.3. The van der Waals surface area contributed by atoms with Crippen molar-refractivity contribution in [2.45, 2.75) is 9.79 Å². The highest BCUT2D eigenvalue weighted by Crippen LogP contribution is 2.34. The van der Waals surface area contributed by atoms with E-state index in [1.165, 1.54) is 24.1 Å². The molecular weight excluding hydrogens is 554 g/mol. The third-order valence-corrected chi connectivity index (χ3v) is 7.56. The SMILES string of the molecule is CN(CCN(CC(=O)NO)Sc1cc(F)c(Oc2ccc(Cl)cc2)c(F)c1)Sc1cccc2cnccc12. The first kappa shape index (κ1) is 28.1. The van der Waals surface area contributed by atoms with Crippen LogP contribution in [0.15, 0.2) is 82.8 Å². The monoisotopic (exact) mass is 576 g/mol. The number of halogens is 3. The number of benzene rings is 3. The molecule has 12 heteroatoms. The van der Waals surface area contributed by atoms with Crippen LogP contribution in [-0.4, -0.2) is 51.4 Å². The van der Waals surface area contributed by atoms with Gasteiger partial charge < -0.3 is 4.74 Å². The Kier molecular flexibility index (Phi) is 9.78. The van der Waals surface area contributed by atoms with E-state index in [1.54, 1.807) is 34.3 Å². The van der Waals surface area contributed by atoms with Crippen LogP contribution in [-0.2, 0) is 4.79 Å². The Morgan fingerprint density at radius 3 is 2.53 bits per heavy atom. The highest BCUT2D eigenvalue weighted by atomic mass is 35.5. The molecule has 1 amide bonds. The Hall–Kier alpha value is -2.93. The van der Waals surface area contributed by atoms with Gasteiger partial charge in [0.1, 0.15) is 5.75 Å². The summed E-state index contributed by atoms with van der Waals surface area (Å²) in [5.74, 6) is -2.76. The fourth-order valence-electron chi connectivity index (χ4n) is 3.45. The molecule has 3 aromatic carbocycles. The van der Waals surface area contributed by atoms with Gasteiger partial charge in [0.25, 0.3) is 5.91 Å². The predicted octanol–water partition coefficient (Wildman–Crippen LogP) is 6.41. The first-order valence-corrected chi connectivity index (χ1v) is 13.2. The molecule has 0 saturated carbocycles. The molecule has 4 aromatic rings. The van der Waals surface area contributed by atoms with Crippen molar-refractivity contribution in [3.8, 4) is 11.5 Å². The lowest BCUT2D eigenvalue weighted by atomic mass is 10.2. The standard InChI is InChI=1S/C26H23ClF2N4O3S2/c1-32(38-24-4-2-3-17-15-30-10-9-21(17)24)11-12-33(16-25(34)31-35)37-20-13-22(28)26(23(29)14-20)36-19-7-5-18(27)6-8-19/h2-10,13-15,35H,11-12,16H2,1H3,(H,31,34). The first-order valence-electron chi connectivity index (χ1n) is 11.3. The van der Waals surface area contributed by atoms with Crippen LogP contribution in [0.25, 0.3) is 10.8 Å². The van der Waals surface area contributed by atoms with E-state index in [0.29, 0.717) is 18.1 Å². The van der Waals surface area contributed by atoms with Crippen molar-refractivity contribution in [1.29, 1.82) is 0 Å². The summed E-state index contributed by atoms with van der Waals surface area (Å²) in [7, 11) is 1.90. The molecule has 38 heavy (non-hydrogen) atoms. The Bertz CT molecular complexity index is 1390. The second-order valence-electron chi connectivity index (χ2n) is 8.06. The van der Waals surface area contributed by atoms with Crippen LogP contribution in [0.2, 0.25) is 5.02 Å². The number of amides is 1. The van der Waals surface area contributed by atoms with Gasteiger partial charge in [0, 0.05) is 45.7 Å². The van der Waals surface area contributed by atoms with Gasteiger partial charge in [-0.2, -0.15) is 0 Å². The Morgan fingerprint density at radius 1 is 1.08 bits per heavy atom. The number of nitrogens with zero attached hydrogens (tertiary/aromatic N) is 3. The summed E-state index contributed by atoms with van der Waals surface area (Å²) in [6.07, 6.45) is 3.54. The molecule has 4 rings (SSSR count). The number of rotatable bonds is 11. The van der Waals surface area contributed by atoms with E-state index in [1.807, 2.05) is 35.6 Å². The lowest BCUT2D eigenvalue weighted by Gasteiger charge is -2.24. The van der Waals surface area contributed by atoms with Crippen molar-refractivity contribution >= 4 is 52.2 Å². The number of hydrogen-bond donors (Lipinski definition) is 2. The second kappa shape index (κ2) is 13.2. The van der Waals surface area contributed by atoms with Gasteiger partial charge in [0.05, 0.1) is 6.54 Å². The van der Waals surface area contributed by atoms with Crippen LogP contribution in [0.1, 0.15) is 0 Å². The Labute approximate surface area is 232 Å². The molecule has 0 aliphatic heterocycles. The summed E-state index contributed by atoms with van der Waals surface area (Å²) < 4.78 is 38.5. The summed E-state index contributed by atoms with van der Waals surface area (Å²) in [6, 6.07) is 16.3. The number of likely N-dealkylation sites (N-methyl/N-ethyl adjacent to an activating group) is 1. The topological polar surface area (TPSA) is 77.9 Å². The number of aromatic nitrogens is 1. The smallest absolute Gasteiger partial charge is 0.258 e. The molecule has 2 N–H and O–H groups in total. The number of carbonyl (C=O) groups excluding carboxylic acids is 1. The molecule has 0 aliphatic carbocycles. The summed E-state index contributed by atoms with van der Waals surface area (Å²) in [5.41, 5.74) is 1.60. The minimum absolute atomic E-state index is 0.203. The van der Waals surface area contributed by atoms with Crippen molar-refractivity contribution in [2.24, 2.45) is 0 Å². The molecule has 1 aromatic heterocycles. The zero-order valence-electron chi connectivity index (χ0n) is 20.1. The van der Waals surface area contributed by atoms with Crippen LogP contribution in [0.4, 0.5) is 8.78 Å². The molecule has 0 atom stereocenters. The van der Waals surface area contributed by atoms with E-state index in [2.05, 4.69) is 4.98 Å². The predicted molar refractivity (Wildman–Crippen MR) is 145 cm³/mol. The number of fused-ring (bicyclic) bond motifs is 1. The zero-order valence-corrected chi connectivity index (χ0v) is 22.5. The van der Waals surface area contributed by atoms with Gasteiger partial charge in [-0.25, -0.2) is 22.9 Å². The van der Waals surface area contributed by atoms with Crippen LogP contribution in [0, 0.1) is 11.6 Å². The molecular formula is C26H23ClF2N4O3S2. The molecule has 1 heterocycles. The maximum Gasteiger partial charge on any atom is 0.258 e. The molecule has 0 aliphatic rings. The van der Waals surface area contributed by atoms with Gasteiger partial charge >= 0.3 is 0 Å². The summed E-state index contributed by atoms with van der Waals surface area (Å²) in [4.78, 5) is 17.3. The van der Waals surface area contributed by atoms with Crippen LogP contribution >= 0.6 is 35.5 Å². The molecule has 0 unspecified atom stereocenters. The molecule has 0 spiro atoms. The van der Waals surface area contributed by atoms with E-state index in [0.717, 1.165) is 39.7 Å². The number of ether oxygens (including phenoxy) is 1. The van der Waals surface area contributed by atoms with Crippen LogP contribution in [0.3, 0.4) is 0 Å². The first-order chi connectivity index (χ1) is 18.3. The van der Waals surface area contributed by atoms with E-state index in [9.17, 15) is 13.6 Å². The zero-order chi connectivity index (χ0) is 27.1. The van der Waals surface area contributed by atoms with Crippen molar-refractivity contribution < 1.29 is 23.5 Å². The molecule has 198 valence electrons. The third kappa shape index (κ3) is 7.56. The third-order valence-electron chi connectivity index (χ3n) is 5.24. The quantitative estimate of drug-likeness (QED) is 0.120. The fourth-order valence-corrected chi connectivity index (χ4v) is 5.47. The fraction of sp³-hybridized carbons (Fsp3) is 0.154. The van der Waals surface area contributed by atoms with Gasteiger partial charge in [0.15, 0.2) is 17.4 Å². The summed E-state index contributed by atoms with van der Waals surface area (Å²) in [6.45, 7) is 0.645.